The lowest BCUT2D eigenvalue weighted by Crippen LogP contribution is -2.34. The van der Waals surface area contributed by atoms with Gasteiger partial charge in [0.15, 0.2) is 5.78 Å². The van der Waals surface area contributed by atoms with Crippen molar-refractivity contribution in [2.75, 3.05) is 26.2 Å². The van der Waals surface area contributed by atoms with Crippen LogP contribution < -0.4 is 4.74 Å². The summed E-state index contributed by atoms with van der Waals surface area (Å²) in [7, 11) is 0. The molecule has 1 aliphatic rings. The number of rotatable bonds is 6. The number of likely N-dealkylation sites (tertiary alicyclic amines) is 1. The summed E-state index contributed by atoms with van der Waals surface area (Å²) in [5.74, 6) is 1.56. The summed E-state index contributed by atoms with van der Waals surface area (Å²) in [5, 5.41) is 0.577. The van der Waals surface area contributed by atoms with E-state index in [1.165, 1.54) is 12.8 Å². The molecule has 2 rings (SSSR count). The summed E-state index contributed by atoms with van der Waals surface area (Å²) >= 11 is 6.01. The van der Waals surface area contributed by atoms with Gasteiger partial charge in [-0.15, -0.1) is 0 Å². The second-order valence-corrected chi connectivity index (χ2v) is 6.21. The van der Waals surface area contributed by atoms with Crippen LogP contribution in [-0.2, 0) is 0 Å². The van der Waals surface area contributed by atoms with Crippen LogP contribution in [-0.4, -0.2) is 36.9 Å². The first-order valence-corrected chi connectivity index (χ1v) is 8.16. The standard InChI is InChI=1S/C17H24ClNO2/c1-3-21-17-5-4-14(18)12-15(17)16(20)8-11-19-9-6-13(2)7-10-19/h4-5,12-13H,3,6-11H2,1-2H3. The first kappa shape index (κ1) is 16.3. The van der Waals surface area contributed by atoms with Crippen LogP contribution >= 0.6 is 11.6 Å². The Hall–Kier alpha value is -1.06. The highest BCUT2D eigenvalue weighted by atomic mass is 35.5. The Balaban J connectivity index is 1.95. The number of Topliss-reactive ketones (excluding diaryl/α,β-unsaturated/α-hetero) is 1. The van der Waals surface area contributed by atoms with Crippen molar-refractivity contribution in [1.29, 1.82) is 0 Å². The van der Waals surface area contributed by atoms with Crippen molar-refractivity contribution in [1.82, 2.24) is 4.90 Å². The van der Waals surface area contributed by atoms with Crippen LogP contribution in [0.4, 0.5) is 0 Å². The summed E-state index contributed by atoms with van der Waals surface area (Å²) in [6.45, 7) is 7.78. The Kier molecular flexibility index (Phi) is 6.07. The van der Waals surface area contributed by atoms with Gasteiger partial charge in [0.2, 0.25) is 0 Å². The van der Waals surface area contributed by atoms with Crippen molar-refractivity contribution in [2.24, 2.45) is 5.92 Å². The van der Waals surface area contributed by atoms with E-state index in [0.29, 0.717) is 29.4 Å². The molecule has 0 spiro atoms. The molecular weight excluding hydrogens is 286 g/mol. The minimum absolute atomic E-state index is 0.111. The third-order valence-electron chi connectivity index (χ3n) is 4.07. The fourth-order valence-electron chi connectivity index (χ4n) is 2.68. The van der Waals surface area contributed by atoms with Gasteiger partial charge in [-0.3, -0.25) is 4.79 Å². The number of hydrogen-bond acceptors (Lipinski definition) is 3. The van der Waals surface area contributed by atoms with Crippen LogP contribution in [0.2, 0.25) is 5.02 Å². The summed E-state index contributed by atoms with van der Waals surface area (Å²) < 4.78 is 5.53. The molecule has 0 unspecified atom stereocenters. The van der Waals surface area contributed by atoms with E-state index in [1.807, 2.05) is 6.92 Å². The lowest BCUT2D eigenvalue weighted by atomic mass is 9.98. The topological polar surface area (TPSA) is 29.5 Å². The Morgan fingerprint density at radius 2 is 2.10 bits per heavy atom. The van der Waals surface area contributed by atoms with E-state index in [1.54, 1.807) is 18.2 Å². The van der Waals surface area contributed by atoms with E-state index in [-0.39, 0.29) is 5.78 Å². The number of carbonyl (C=O) groups is 1. The maximum atomic E-state index is 12.4. The molecule has 1 fully saturated rings. The number of benzene rings is 1. The van der Waals surface area contributed by atoms with Crippen LogP contribution in [0.3, 0.4) is 0 Å². The normalized spacial score (nSPS) is 16.9. The monoisotopic (exact) mass is 309 g/mol. The predicted octanol–water partition coefficient (Wildman–Crippen LogP) is 4.04. The zero-order valence-corrected chi connectivity index (χ0v) is 13.7. The summed E-state index contributed by atoms with van der Waals surface area (Å²) in [6.07, 6.45) is 2.99. The molecule has 3 nitrogen and oxygen atoms in total. The SMILES string of the molecule is CCOc1ccc(Cl)cc1C(=O)CCN1CCC(C)CC1. The molecule has 0 radical (unpaired) electrons. The van der Waals surface area contributed by atoms with Crippen molar-refractivity contribution in [3.8, 4) is 5.75 Å². The summed E-state index contributed by atoms with van der Waals surface area (Å²) in [6, 6.07) is 5.25. The average molecular weight is 310 g/mol. The Labute approximate surface area is 132 Å². The minimum Gasteiger partial charge on any atom is -0.493 e. The van der Waals surface area contributed by atoms with E-state index in [2.05, 4.69) is 11.8 Å². The molecular formula is C17H24ClNO2. The molecule has 1 aliphatic heterocycles. The second kappa shape index (κ2) is 7.81. The molecule has 1 aromatic rings. The van der Waals surface area contributed by atoms with E-state index in [9.17, 15) is 4.79 Å². The lowest BCUT2D eigenvalue weighted by Gasteiger charge is -2.29. The van der Waals surface area contributed by atoms with E-state index >= 15 is 0 Å². The zero-order chi connectivity index (χ0) is 15.2. The third kappa shape index (κ3) is 4.72. The molecule has 1 heterocycles. The van der Waals surface area contributed by atoms with E-state index in [0.717, 1.165) is 25.6 Å². The molecule has 0 atom stereocenters. The highest BCUT2D eigenvalue weighted by molar-refractivity contribution is 6.31. The number of hydrogen-bond donors (Lipinski definition) is 0. The van der Waals surface area contributed by atoms with Gasteiger partial charge in [-0.2, -0.15) is 0 Å². The van der Waals surface area contributed by atoms with Crippen molar-refractivity contribution in [3.63, 3.8) is 0 Å². The molecule has 0 aromatic heterocycles. The van der Waals surface area contributed by atoms with Crippen molar-refractivity contribution >= 4 is 17.4 Å². The van der Waals surface area contributed by atoms with Gasteiger partial charge in [0.1, 0.15) is 5.75 Å². The molecule has 1 aromatic carbocycles. The van der Waals surface area contributed by atoms with Gasteiger partial charge in [-0.25, -0.2) is 0 Å². The fourth-order valence-corrected chi connectivity index (χ4v) is 2.85. The number of halogens is 1. The number of nitrogens with zero attached hydrogens (tertiary/aromatic N) is 1. The summed E-state index contributed by atoms with van der Waals surface area (Å²) in [4.78, 5) is 14.8. The van der Waals surface area contributed by atoms with E-state index < -0.39 is 0 Å². The maximum Gasteiger partial charge on any atom is 0.167 e. The van der Waals surface area contributed by atoms with Crippen LogP contribution in [0.5, 0.6) is 5.75 Å². The van der Waals surface area contributed by atoms with Crippen molar-refractivity contribution in [3.05, 3.63) is 28.8 Å². The van der Waals surface area contributed by atoms with Crippen LogP contribution in [0.25, 0.3) is 0 Å². The first-order valence-electron chi connectivity index (χ1n) is 7.78. The Morgan fingerprint density at radius 1 is 1.38 bits per heavy atom. The summed E-state index contributed by atoms with van der Waals surface area (Å²) in [5.41, 5.74) is 0.606. The smallest absolute Gasteiger partial charge is 0.167 e. The highest BCUT2D eigenvalue weighted by Gasteiger charge is 2.18. The molecule has 0 saturated carbocycles. The molecule has 0 aliphatic carbocycles. The number of ether oxygens (including phenoxy) is 1. The van der Waals surface area contributed by atoms with Gasteiger partial charge < -0.3 is 9.64 Å². The zero-order valence-electron chi connectivity index (χ0n) is 12.9. The van der Waals surface area contributed by atoms with Crippen molar-refractivity contribution in [2.45, 2.75) is 33.1 Å². The van der Waals surface area contributed by atoms with Crippen LogP contribution in [0.1, 0.15) is 43.5 Å². The molecule has 1 saturated heterocycles. The minimum atomic E-state index is 0.111. The molecule has 0 bridgehead atoms. The maximum absolute atomic E-state index is 12.4. The Morgan fingerprint density at radius 3 is 2.76 bits per heavy atom. The predicted molar refractivity (Wildman–Crippen MR) is 86.4 cm³/mol. The molecule has 116 valence electrons. The largest absolute Gasteiger partial charge is 0.493 e. The van der Waals surface area contributed by atoms with Gasteiger partial charge in [-0.05, 0) is 57.0 Å². The van der Waals surface area contributed by atoms with Gasteiger partial charge in [0.05, 0.1) is 12.2 Å². The lowest BCUT2D eigenvalue weighted by molar-refractivity contribution is 0.0949. The second-order valence-electron chi connectivity index (χ2n) is 5.77. The molecule has 0 amide bonds. The van der Waals surface area contributed by atoms with Gasteiger partial charge >= 0.3 is 0 Å². The highest BCUT2D eigenvalue weighted by Crippen LogP contribution is 2.25. The quantitative estimate of drug-likeness (QED) is 0.743. The fraction of sp³-hybridized carbons (Fsp3) is 0.588. The van der Waals surface area contributed by atoms with Gasteiger partial charge in [-0.1, -0.05) is 18.5 Å². The number of carbonyl (C=O) groups excluding carboxylic acids is 1. The number of piperidine rings is 1. The van der Waals surface area contributed by atoms with Crippen molar-refractivity contribution < 1.29 is 9.53 Å². The molecule has 0 N–H and O–H groups in total. The van der Waals surface area contributed by atoms with Crippen LogP contribution in [0, 0.1) is 5.92 Å². The Bertz CT molecular complexity index is 482. The van der Waals surface area contributed by atoms with Gasteiger partial charge in [0, 0.05) is 18.0 Å². The van der Waals surface area contributed by atoms with E-state index in [4.69, 9.17) is 16.3 Å². The number of ketones is 1. The average Bonchev–Trinajstić information content (AvgIpc) is 2.48. The first-order chi connectivity index (χ1) is 10.1. The molecule has 21 heavy (non-hydrogen) atoms. The van der Waals surface area contributed by atoms with Gasteiger partial charge in [0.25, 0.3) is 0 Å². The molecule has 4 heteroatoms. The van der Waals surface area contributed by atoms with Crippen LogP contribution in [0.15, 0.2) is 18.2 Å². The third-order valence-corrected chi connectivity index (χ3v) is 4.31.